The van der Waals surface area contributed by atoms with Crippen LogP contribution in [0.5, 0.6) is 0 Å². The number of carbonyl (C=O) groups is 2. The molecular weight excluding hydrogens is 297 g/mol. The Balaban J connectivity index is 2.03. The molecule has 0 atom stereocenters. The van der Waals surface area contributed by atoms with Gasteiger partial charge in [-0.1, -0.05) is 32.0 Å². The molecular formula is C18H24FNO3. The highest BCUT2D eigenvalue weighted by molar-refractivity contribution is 5.86. The average Bonchev–Trinajstić information content (AvgIpc) is 3.31. The van der Waals surface area contributed by atoms with Crippen LogP contribution in [0, 0.1) is 16.6 Å². The van der Waals surface area contributed by atoms with Crippen LogP contribution >= 0.6 is 0 Å². The summed E-state index contributed by atoms with van der Waals surface area (Å²) in [5, 5.41) is 12.2. The summed E-state index contributed by atoms with van der Waals surface area (Å²) in [4.78, 5) is 24.0. The van der Waals surface area contributed by atoms with Crippen LogP contribution < -0.4 is 5.32 Å². The minimum atomic E-state index is -0.927. The fourth-order valence-corrected chi connectivity index (χ4v) is 2.96. The van der Waals surface area contributed by atoms with Crippen LogP contribution in [0.15, 0.2) is 24.3 Å². The Kier molecular flexibility index (Phi) is 5.07. The number of nitrogens with one attached hydrogen (secondary N) is 1. The van der Waals surface area contributed by atoms with Crippen molar-refractivity contribution in [3.63, 3.8) is 0 Å². The predicted octanol–water partition coefficient (Wildman–Crippen LogP) is 3.16. The fourth-order valence-electron chi connectivity index (χ4n) is 2.96. The Hall–Kier alpha value is -1.91. The van der Waals surface area contributed by atoms with Gasteiger partial charge in [-0.2, -0.15) is 0 Å². The zero-order valence-electron chi connectivity index (χ0n) is 13.7. The molecule has 4 nitrogen and oxygen atoms in total. The largest absolute Gasteiger partial charge is 0.481 e. The van der Waals surface area contributed by atoms with E-state index in [2.05, 4.69) is 5.32 Å². The molecule has 0 bridgehead atoms. The first-order valence-electron chi connectivity index (χ1n) is 8.14. The third-order valence-corrected chi connectivity index (χ3v) is 5.22. The van der Waals surface area contributed by atoms with Gasteiger partial charge < -0.3 is 10.4 Å². The number of carboxylic acid groups (broad SMARTS) is 1. The molecule has 1 amide bonds. The number of hydrogen-bond donors (Lipinski definition) is 2. The van der Waals surface area contributed by atoms with Crippen LogP contribution in [-0.2, 0) is 16.0 Å². The molecule has 1 aliphatic rings. The molecule has 1 aromatic rings. The molecule has 0 heterocycles. The summed E-state index contributed by atoms with van der Waals surface area (Å²) in [6.07, 6.45) is 2.71. The Morgan fingerprint density at radius 3 is 2.35 bits per heavy atom. The van der Waals surface area contributed by atoms with Gasteiger partial charge in [0, 0.05) is 6.54 Å². The zero-order chi connectivity index (χ0) is 17.1. The molecule has 2 rings (SSSR count). The molecule has 0 saturated heterocycles. The van der Waals surface area contributed by atoms with E-state index in [-0.39, 0.29) is 18.3 Å². The number of carboxylic acids is 1. The summed E-state index contributed by atoms with van der Waals surface area (Å²) in [7, 11) is 0. The quantitative estimate of drug-likeness (QED) is 0.773. The molecule has 0 aromatic heterocycles. The highest BCUT2D eigenvalue weighted by Gasteiger charge is 2.50. The molecule has 0 unspecified atom stereocenters. The van der Waals surface area contributed by atoms with Crippen molar-refractivity contribution in [1.29, 1.82) is 0 Å². The topological polar surface area (TPSA) is 66.4 Å². The lowest BCUT2D eigenvalue weighted by atomic mass is 9.82. The highest BCUT2D eigenvalue weighted by Crippen LogP contribution is 2.49. The van der Waals surface area contributed by atoms with Crippen LogP contribution in [0.1, 0.15) is 45.1 Å². The Bertz CT molecular complexity index is 592. The lowest BCUT2D eigenvalue weighted by Gasteiger charge is -2.28. The van der Waals surface area contributed by atoms with Gasteiger partial charge in [0.25, 0.3) is 0 Å². The van der Waals surface area contributed by atoms with Crippen molar-refractivity contribution in [2.24, 2.45) is 10.8 Å². The molecule has 126 valence electrons. The highest BCUT2D eigenvalue weighted by atomic mass is 19.1. The summed E-state index contributed by atoms with van der Waals surface area (Å²) in [5.74, 6) is -1.34. The lowest BCUT2D eigenvalue weighted by Crippen LogP contribution is -2.45. The second-order valence-corrected chi connectivity index (χ2v) is 6.52. The van der Waals surface area contributed by atoms with Crippen molar-refractivity contribution < 1.29 is 19.1 Å². The van der Waals surface area contributed by atoms with Gasteiger partial charge in [0.05, 0.1) is 10.8 Å². The van der Waals surface area contributed by atoms with Crippen molar-refractivity contribution >= 4 is 11.9 Å². The second kappa shape index (κ2) is 6.69. The summed E-state index contributed by atoms with van der Waals surface area (Å²) in [6.45, 7) is 3.75. The third kappa shape index (κ3) is 3.54. The molecule has 1 fully saturated rings. The predicted molar refractivity (Wildman–Crippen MR) is 85.4 cm³/mol. The summed E-state index contributed by atoms with van der Waals surface area (Å²) < 4.78 is 13.8. The maximum Gasteiger partial charge on any atom is 0.311 e. The van der Waals surface area contributed by atoms with E-state index in [1.807, 2.05) is 13.8 Å². The van der Waals surface area contributed by atoms with Crippen LogP contribution in [-0.4, -0.2) is 23.5 Å². The Morgan fingerprint density at radius 2 is 1.87 bits per heavy atom. The van der Waals surface area contributed by atoms with Gasteiger partial charge in [-0.25, -0.2) is 4.39 Å². The van der Waals surface area contributed by atoms with Crippen LogP contribution in [0.25, 0.3) is 0 Å². The van der Waals surface area contributed by atoms with E-state index in [9.17, 15) is 19.1 Å². The number of hydrogen-bond acceptors (Lipinski definition) is 2. The zero-order valence-corrected chi connectivity index (χ0v) is 13.7. The van der Waals surface area contributed by atoms with Gasteiger partial charge in [-0.3, -0.25) is 9.59 Å². The van der Waals surface area contributed by atoms with Crippen molar-refractivity contribution in [1.82, 2.24) is 5.32 Å². The van der Waals surface area contributed by atoms with Gasteiger partial charge in [0.1, 0.15) is 5.82 Å². The van der Waals surface area contributed by atoms with E-state index >= 15 is 0 Å². The number of benzene rings is 1. The van der Waals surface area contributed by atoms with E-state index in [1.165, 1.54) is 6.07 Å². The SMILES string of the molecule is CCC(CC)(CNC(=O)C1(Cc2ccccc2F)CC1)C(=O)O. The van der Waals surface area contributed by atoms with Crippen molar-refractivity contribution in [2.45, 2.75) is 46.0 Å². The fraction of sp³-hybridized carbons (Fsp3) is 0.556. The number of halogens is 1. The molecule has 5 heteroatoms. The monoisotopic (exact) mass is 321 g/mol. The Morgan fingerprint density at radius 1 is 1.26 bits per heavy atom. The van der Waals surface area contributed by atoms with Crippen molar-refractivity contribution in [2.75, 3.05) is 6.54 Å². The second-order valence-electron chi connectivity index (χ2n) is 6.52. The number of rotatable bonds is 8. The third-order valence-electron chi connectivity index (χ3n) is 5.22. The molecule has 1 saturated carbocycles. The van der Waals surface area contributed by atoms with Gasteiger partial charge in [-0.05, 0) is 43.7 Å². The molecule has 0 aliphatic heterocycles. The molecule has 2 N–H and O–H groups in total. The normalized spacial score (nSPS) is 16.0. The van der Waals surface area contributed by atoms with Crippen molar-refractivity contribution in [3.05, 3.63) is 35.6 Å². The van der Waals surface area contributed by atoms with Crippen molar-refractivity contribution in [3.8, 4) is 0 Å². The van der Waals surface area contributed by atoms with Gasteiger partial charge >= 0.3 is 5.97 Å². The van der Waals surface area contributed by atoms with Gasteiger partial charge in [-0.15, -0.1) is 0 Å². The van der Waals surface area contributed by atoms with Gasteiger partial charge in [0.15, 0.2) is 0 Å². The first-order valence-corrected chi connectivity index (χ1v) is 8.14. The minimum Gasteiger partial charge on any atom is -0.481 e. The standard InChI is InChI=1S/C18H24FNO3/c1-3-17(4-2,16(22)23)12-20-15(21)18(9-10-18)11-13-7-5-6-8-14(13)19/h5-8H,3-4,9-12H2,1-2H3,(H,20,21)(H,22,23). The van der Waals surface area contributed by atoms with E-state index in [0.717, 1.165) is 0 Å². The lowest BCUT2D eigenvalue weighted by molar-refractivity contribution is -0.149. The first kappa shape index (κ1) is 17.4. The molecule has 1 aromatic carbocycles. The molecule has 23 heavy (non-hydrogen) atoms. The van der Waals surface area contributed by atoms with Crippen LogP contribution in [0.3, 0.4) is 0 Å². The summed E-state index contributed by atoms with van der Waals surface area (Å²) in [5.41, 5.74) is -0.965. The smallest absolute Gasteiger partial charge is 0.311 e. The molecule has 1 aliphatic carbocycles. The summed E-state index contributed by atoms with van der Waals surface area (Å²) >= 11 is 0. The Labute approximate surface area is 136 Å². The average molecular weight is 321 g/mol. The number of carbonyl (C=O) groups excluding carboxylic acids is 1. The molecule has 0 spiro atoms. The van der Waals surface area contributed by atoms with E-state index < -0.39 is 16.8 Å². The van der Waals surface area contributed by atoms with Crippen LogP contribution in [0.2, 0.25) is 0 Å². The van der Waals surface area contributed by atoms with E-state index in [0.29, 0.717) is 37.7 Å². The number of amides is 1. The maximum absolute atomic E-state index is 13.8. The number of aliphatic carboxylic acids is 1. The molecule has 0 radical (unpaired) electrons. The minimum absolute atomic E-state index is 0.118. The van der Waals surface area contributed by atoms with Crippen LogP contribution in [0.4, 0.5) is 4.39 Å². The first-order chi connectivity index (χ1) is 10.9. The van der Waals surface area contributed by atoms with E-state index in [1.54, 1.807) is 18.2 Å². The summed E-state index contributed by atoms with van der Waals surface area (Å²) in [6, 6.07) is 6.48. The van der Waals surface area contributed by atoms with E-state index in [4.69, 9.17) is 0 Å². The maximum atomic E-state index is 13.8. The van der Waals surface area contributed by atoms with Gasteiger partial charge in [0.2, 0.25) is 5.91 Å².